The quantitative estimate of drug-likeness (QED) is 0.625. The molecular formula is C12H22N4S. The van der Waals surface area contributed by atoms with Crippen LogP contribution in [0.5, 0.6) is 0 Å². The third-order valence-corrected chi connectivity index (χ3v) is 3.42. The van der Waals surface area contributed by atoms with E-state index in [1.54, 1.807) is 11.3 Å². The maximum Gasteiger partial charge on any atom is 0.188 e. The first-order valence-electron chi connectivity index (χ1n) is 5.95. The smallest absolute Gasteiger partial charge is 0.188 e. The molecule has 0 saturated heterocycles. The van der Waals surface area contributed by atoms with Crippen LogP contribution < -0.4 is 11.1 Å². The Balaban J connectivity index is 2.37. The molecule has 1 unspecified atom stereocenters. The number of thiazole rings is 1. The van der Waals surface area contributed by atoms with Crippen LogP contribution in [0.25, 0.3) is 0 Å². The lowest BCUT2D eigenvalue weighted by Gasteiger charge is -2.10. The molecular weight excluding hydrogens is 232 g/mol. The molecule has 1 atom stereocenters. The summed E-state index contributed by atoms with van der Waals surface area (Å²) in [6.07, 6.45) is 1.91. The Morgan fingerprint density at radius 1 is 1.53 bits per heavy atom. The van der Waals surface area contributed by atoms with Gasteiger partial charge in [-0.3, -0.25) is 4.99 Å². The molecule has 1 rings (SSSR count). The number of hydrogen-bond donors (Lipinski definition) is 2. The molecule has 96 valence electrons. The van der Waals surface area contributed by atoms with Crippen LogP contribution >= 0.6 is 11.3 Å². The zero-order chi connectivity index (χ0) is 12.8. The van der Waals surface area contributed by atoms with E-state index in [0.717, 1.165) is 18.1 Å². The van der Waals surface area contributed by atoms with E-state index >= 15 is 0 Å². The van der Waals surface area contributed by atoms with Crippen LogP contribution in [0, 0.1) is 12.8 Å². The number of aromatic nitrogens is 1. The van der Waals surface area contributed by atoms with Crippen molar-refractivity contribution >= 4 is 17.3 Å². The zero-order valence-electron chi connectivity index (χ0n) is 11.0. The van der Waals surface area contributed by atoms with Gasteiger partial charge in [0.1, 0.15) is 0 Å². The number of nitrogens with zero attached hydrogens (tertiary/aromatic N) is 2. The van der Waals surface area contributed by atoms with E-state index in [9.17, 15) is 0 Å². The van der Waals surface area contributed by atoms with Gasteiger partial charge >= 0.3 is 0 Å². The van der Waals surface area contributed by atoms with Crippen LogP contribution in [0.4, 0.5) is 0 Å². The first-order valence-corrected chi connectivity index (χ1v) is 6.76. The molecule has 0 bridgehead atoms. The Morgan fingerprint density at radius 3 is 2.76 bits per heavy atom. The molecule has 1 aromatic heterocycles. The molecule has 0 aliphatic rings. The summed E-state index contributed by atoms with van der Waals surface area (Å²) in [5.74, 6) is 1.43. The number of nitrogens with two attached hydrogens (primary N) is 1. The zero-order valence-corrected chi connectivity index (χ0v) is 11.8. The first kappa shape index (κ1) is 14.0. The van der Waals surface area contributed by atoms with Gasteiger partial charge in [-0.1, -0.05) is 20.8 Å². The first-order chi connectivity index (χ1) is 7.99. The minimum absolute atomic E-state index is 0.362. The average Bonchev–Trinajstić information content (AvgIpc) is 2.70. The summed E-state index contributed by atoms with van der Waals surface area (Å²) in [5, 5.41) is 4.28. The lowest BCUT2D eigenvalue weighted by Crippen LogP contribution is -2.34. The summed E-state index contributed by atoms with van der Waals surface area (Å²) >= 11 is 1.73. The van der Waals surface area contributed by atoms with E-state index in [1.165, 1.54) is 4.88 Å². The van der Waals surface area contributed by atoms with Gasteiger partial charge in [-0.2, -0.15) is 0 Å². The summed E-state index contributed by atoms with van der Waals surface area (Å²) in [6.45, 7) is 10.0. The van der Waals surface area contributed by atoms with Crippen molar-refractivity contribution in [2.75, 3.05) is 13.1 Å². The molecule has 0 aliphatic heterocycles. The number of aryl methyl sites for hydroxylation is 1. The van der Waals surface area contributed by atoms with Crippen LogP contribution in [0.2, 0.25) is 0 Å². The summed E-state index contributed by atoms with van der Waals surface area (Å²) < 4.78 is 0. The molecule has 17 heavy (non-hydrogen) atoms. The molecule has 3 N–H and O–H groups in total. The van der Waals surface area contributed by atoms with Crippen LogP contribution in [-0.2, 0) is 0 Å². The predicted octanol–water partition coefficient (Wildman–Crippen LogP) is 2.12. The Bertz CT molecular complexity index is 370. The highest BCUT2D eigenvalue weighted by atomic mass is 32.1. The minimum atomic E-state index is 0.362. The van der Waals surface area contributed by atoms with Crippen molar-refractivity contribution < 1.29 is 0 Å². The SMILES string of the molecule is Cc1cnc(C(C)CNC(N)=NCC(C)C)s1. The van der Waals surface area contributed by atoms with Gasteiger partial charge in [0.2, 0.25) is 0 Å². The van der Waals surface area contributed by atoms with Crippen molar-refractivity contribution in [2.45, 2.75) is 33.6 Å². The molecule has 0 aromatic carbocycles. The molecule has 4 nitrogen and oxygen atoms in total. The van der Waals surface area contributed by atoms with Crippen molar-refractivity contribution in [1.29, 1.82) is 0 Å². The van der Waals surface area contributed by atoms with Gasteiger partial charge in [-0.15, -0.1) is 11.3 Å². The highest BCUT2D eigenvalue weighted by Gasteiger charge is 2.09. The van der Waals surface area contributed by atoms with Gasteiger partial charge in [0.25, 0.3) is 0 Å². The molecule has 1 heterocycles. The van der Waals surface area contributed by atoms with Crippen molar-refractivity contribution in [3.63, 3.8) is 0 Å². The summed E-state index contributed by atoms with van der Waals surface area (Å²) in [7, 11) is 0. The van der Waals surface area contributed by atoms with E-state index in [-0.39, 0.29) is 0 Å². The lowest BCUT2D eigenvalue weighted by molar-refractivity contribution is 0.656. The van der Waals surface area contributed by atoms with Crippen LogP contribution in [0.15, 0.2) is 11.2 Å². The van der Waals surface area contributed by atoms with Gasteiger partial charge in [-0.25, -0.2) is 4.98 Å². The maximum atomic E-state index is 5.78. The number of hydrogen-bond acceptors (Lipinski definition) is 3. The van der Waals surface area contributed by atoms with Crippen molar-refractivity contribution in [3.05, 3.63) is 16.1 Å². The van der Waals surface area contributed by atoms with Gasteiger partial charge in [0.15, 0.2) is 5.96 Å². The molecule has 0 saturated carbocycles. The largest absolute Gasteiger partial charge is 0.370 e. The Kier molecular flexibility index (Phi) is 5.41. The fourth-order valence-corrected chi connectivity index (χ4v) is 2.11. The number of guanidine groups is 1. The van der Waals surface area contributed by atoms with E-state index in [4.69, 9.17) is 5.73 Å². The standard InChI is InChI=1S/C12H22N4S/c1-8(2)5-15-12(13)16-6-9(3)11-14-7-10(4)17-11/h7-9H,5-6H2,1-4H3,(H3,13,15,16). The second kappa shape index (κ2) is 6.59. The molecule has 0 aliphatic carbocycles. The van der Waals surface area contributed by atoms with E-state index in [0.29, 0.717) is 17.8 Å². The number of nitrogens with one attached hydrogen (secondary N) is 1. The predicted molar refractivity (Wildman–Crippen MR) is 74.6 cm³/mol. The number of rotatable bonds is 5. The van der Waals surface area contributed by atoms with Crippen LogP contribution in [0.3, 0.4) is 0 Å². The molecule has 0 spiro atoms. The normalized spacial score (nSPS) is 14.1. The fourth-order valence-electron chi connectivity index (χ4n) is 1.28. The third-order valence-electron chi connectivity index (χ3n) is 2.28. The molecule has 0 radical (unpaired) electrons. The number of aliphatic imine (C=N–C) groups is 1. The molecule has 0 amide bonds. The maximum absolute atomic E-state index is 5.78. The van der Waals surface area contributed by atoms with Crippen LogP contribution in [-0.4, -0.2) is 24.0 Å². The fraction of sp³-hybridized carbons (Fsp3) is 0.667. The topological polar surface area (TPSA) is 63.3 Å². The summed E-state index contributed by atoms with van der Waals surface area (Å²) in [5.41, 5.74) is 5.78. The van der Waals surface area contributed by atoms with Crippen LogP contribution in [0.1, 0.15) is 36.6 Å². The summed E-state index contributed by atoms with van der Waals surface area (Å²) in [4.78, 5) is 9.87. The van der Waals surface area contributed by atoms with E-state index in [2.05, 4.69) is 43.0 Å². The second-order valence-electron chi connectivity index (χ2n) is 4.71. The van der Waals surface area contributed by atoms with Gasteiger partial charge in [-0.05, 0) is 12.8 Å². The highest BCUT2D eigenvalue weighted by molar-refractivity contribution is 7.11. The minimum Gasteiger partial charge on any atom is -0.370 e. The van der Waals surface area contributed by atoms with E-state index in [1.807, 2.05) is 6.20 Å². The Hall–Kier alpha value is -1.10. The lowest BCUT2D eigenvalue weighted by atomic mass is 10.2. The Morgan fingerprint density at radius 2 is 2.24 bits per heavy atom. The second-order valence-corrected chi connectivity index (χ2v) is 5.98. The van der Waals surface area contributed by atoms with Gasteiger partial charge < -0.3 is 11.1 Å². The average molecular weight is 254 g/mol. The van der Waals surface area contributed by atoms with Crippen molar-refractivity contribution in [3.8, 4) is 0 Å². The van der Waals surface area contributed by atoms with Crippen molar-refractivity contribution in [2.24, 2.45) is 16.6 Å². The van der Waals surface area contributed by atoms with E-state index < -0.39 is 0 Å². The molecule has 0 fully saturated rings. The highest BCUT2D eigenvalue weighted by Crippen LogP contribution is 2.20. The molecule has 1 aromatic rings. The molecule has 5 heteroatoms. The third kappa shape index (κ3) is 5.17. The monoisotopic (exact) mass is 254 g/mol. The van der Waals surface area contributed by atoms with Gasteiger partial charge in [0, 0.05) is 30.1 Å². The van der Waals surface area contributed by atoms with Crippen molar-refractivity contribution in [1.82, 2.24) is 10.3 Å². The Labute approximate surface area is 107 Å². The van der Waals surface area contributed by atoms with Gasteiger partial charge in [0.05, 0.1) is 5.01 Å². The summed E-state index contributed by atoms with van der Waals surface area (Å²) in [6, 6.07) is 0.